The molecule has 8 heteroatoms. The normalized spacial score (nSPS) is 26.7. The molecule has 2 aliphatic heterocycles. The van der Waals surface area contributed by atoms with Crippen LogP contribution >= 0.6 is 0 Å². The molecule has 28 heavy (non-hydrogen) atoms. The molecule has 2 N–H and O–H groups in total. The molecule has 1 aromatic carbocycles. The number of alkyl halides is 1. The van der Waals surface area contributed by atoms with E-state index in [1.807, 2.05) is 11.9 Å². The number of hydrogen-bond donors (Lipinski definition) is 2. The summed E-state index contributed by atoms with van der Waals surface area (Å²) < 4.78 is 20.3. The fourth-order valence-electron chi connectivity index (χ4n) is 4.46. The third-order valence-corrected chi connectivity index (χ3v) is 5.97. The van der Waals surface area contributed by atoms with Gasteiger partial charge in [-0.2, -0.15) is 0 Å². The molecule has 2 aliphatic rings. The van der Waals surface area contributed by atoms with E-state index in [1.54, 1.807) is 31.5 Å². The van der Waals surface area contributed by atoms with Crippen molar-refractivity contribution in [3.8, 4) is 17.0 Å². The molecule has 2 bridgehead atoms. The first-order chi connectivity index (χ1) is 13.5. The van der Waals surface area contributed by atoms with Crippen LogP contribution in [0.15, 0.2) is 28.9 Å². The van der Waals surface area contributed by atoms with E-state index in [4.69, 9.17) is 4.42 Å². The zero-order chi connectivity index (χ0) is 19.4. The molecule has 4 atom stereocenters. The molecule has 5 rings (SSSR count). The van der Waals surface area contributed by atoms with Crippen LogP contribution in [0.5, 0.6) is 5.75 Å². The van der Waals surface area contributed by atoms with E-state index >= 15 is 0 Å². The smallest absolute Gasteiger partial charge is 0.192 e. The molecule has 2 fully saturated rings. The molecular formula is C20H22FN5O2. The Hall–Kier alpha value is -2.74. The Morgan fingerprint density at radius 1 is 1.25 bits per heavy atom. The number of nitrogens with zero attached hydrogens (tertiary/aromatic N) is 4. The molecule has 2 aromatic heterocycles. The van der Waals surface area contributed by atoms with Crippen LogP contribution in [0.4, 0.5) is 10.2 Å². The van der Waals surface area contributed by atoms with Gasteiger partial charge in [0, 0.05) is 31.6 Å². The molecule has 0 saturated carbocycles. The molecule has 3 aromatic rings. The van der Waals surface area contributed by atoms with E-state index in [0.717, 1.165) is 19.3 Å². The molecular weight excluding hydrogens is 361 g/mol. The number of aryl methyl sites for hydroxylation is 1. The van der Waals surface area contributed by atoms with Gasteiger partial charge in [-0.25, -0.2) is 14.4 Å². The maximum Gasteiger partial charge on any atom is 0.192 e. The average Bonchev–Trinajstić information content (AvgIpc) is 3.28. The van der Waals surface area contributed by atoms with Crippen LogP contribution < -0.4 is 10.2 Å². The van der Waals surface area contributed by atoms with Gasteiger partial charge in [0.25, 0.3) is 0 Å². The van der Waals surface area contributed by atoms with Crippen molar-refractivity contribution in [2.24, 2.45) is 0 Å². The van der Waals surface area contributed by atoms with Gasteiger partial charge in [0.1, 0.15) is 12.0 Å². The van der Waals surface area contributed by atoms with Crippen molar-refractivity contribution in [3.05, 3.63) is 30.4 Å². The van der Waals surface area contributed by atoms with Crippen LogP contribution in [-0.4, -0.2) is 51.4 Å². The number of phenols is 1. The summed E-state index contributed by atoms with van der Waals surface area (Å²) in [5.74, 6) is 1.13. The van der Waals surface area contributed by atoms with Crippen LogP contribution in [-0.2, 0) is 0 Å². The molecule has 0 aliphatic carbocycles. The van der Waals surface area contributed by atoms with Crippen molar-refractivity contribution in [3.63, 3.8) is 0 Å². The molecule has 2 saturated heterocycles. The van der Waals surface area contributed by atoms with Crippen molar-refractivity contribution in [2.45, 2.75) is 50.5 Å². The van der Waals surface area contributed by atoms with Crippen molar-refractivity contribution < 1.29 is 13.9 Å². The molecule has 2 unspecified atom stereocenters. The summed E-state index contributed by atoms with van der Waals surface area (Å²) in [5.41, 5.74) is 1.99. The average molecular weight is 383 g/mol. The van der Waals surface area contributed by atoms with Crippen LogP contribution in [0, 0.1) is 6.92 Å². The highest BCUT2D eigenvalue weighted by molar-refractivity contribution is 5.88. The summed E-state index contributed by atoms with van der Waals surface area (Å²) in [7, 11) is 1.87. The minimum Gasteiger partial charge on any atom is -0.505 e. The SMILES string of the molecule is Cc1nc2c(O)c(-c3cnc(N(C)[C@@H]4CC5CCC(N5)[C@@H]4F)cn3)ccc2o1. The van der Waals surface area contributed by atoms with Crippen LogP contribution in [0.2, 0.25) is 0 Å². The monoisotopic (exact) mass is 383 g/mol. The lowest BCUT2D eigenvalue weighted by molar-refractivity contribution is 0.176. The fourth-order valence-corrected chi connectivity index (χ4v) is 4.46. The first kappa shape index (κ1) is 17.4. The van der Waals surface area contributed by atoms with Gasteiger partial charge in [-0.3, -0.25) is 4.98 Å². The Bertz CT molecular complexity index is 1020. The van der Waals surface area contributed by atoms with Gasteiger partial charge in [-0.1, -0.05) is 0 Å². The van der Waals surface area contributed by atoms with Crippen LogP contribution in [0.25, 0.3) is 22.4 Å². The van der Waals surface area contributed by atoms with Crippen molar-refractivity contribution in [1.82, 2.24) is 20.3 Å². The molecule has 0 spiro atoms. The van der Waals surface area contributed by atoms with E-state index in [-0.39, 0.29) is 17.8 Å². The topological polar surface area (TPSA) is 87.3 Å². The Labute approximate surface area is 161 Å². The lowest BCUT2D eigenvalue weighted by Crippen LogP contribution is -2.55. The largest absolute Gasteiger partial charge is 0.505 e. The number of oxazole rings is 1. The third-order valence-electron chi connectivity index (χ3n) is 5.97. The molecule has 4 heterocycles. The Kier molecular flexibility index (Phi) is 3.97. The summed E-state index contributed by atoms with van der Waals surface area (Å²) in [6.45, 7) is 1.73. The fraction of sp³-hybridized carbons (Fsp3) is 0.450. The molecule has 7 nitrogen and oxygen atoms in total. The number of piperidine rings is 1. The summed E-state index contributed by atoms with van der Waals surface area (Å²) in [4.78, 5) is 15.0. The number of phenolic OH excluding ortho intramolecular Hbond substituents is 1. The van der Waals surface area contributed by atoms with Crippen molar-refractivity contribution in [1.29, 1.82) is 0 Å². The Morgan fingerprint density at radius 2 is 2.11 bits per heavy atom. The maximum atomic E-state index is 14.8. The zero-order valence-electron chi connectivity index (χ0n) is 15.8. The Morgan fingerprint density at radius 3 is 2.89 bits per heavy atom. The van der Waals surface area contributed by atoms with Crippen molar-refractivity contribution in [2.75, 3.05) is 11.9 Å². The second-order valence-corrected chi connectivity index (χ2v) is 7.71. The first-order valence-corrected chi connectivity index (χ1v) is 9.55. The number of rotatable bonds is 3. The van der Waals surface area contributed by atoms with Crippen LogP contribution in [0.3, 0.4) is 0 Å². The number of nitrogens with one attached hydrogen (secondary N) is 1. The van der Waals surface area contributed by atoms with Gasteiger partial charge in [-0.15, -0.1) is 0 Å². The van der Waals surface area contributed by atoms with E-state index in [2.05, 4.69) is 20.3 Å². The second kappa shape index (κ2) is 6.41. The van der Waals surface area contributed by atoms with E-state index in [9.17, 15) is 9.50 Å². The van der Waals surface area contributed by atoms with Gasteiger partial charge >= 0.3 is 0 Å². The van der Waals surface area contributed by atoms with Gasteiger partial charge in [0.2, 0.25) is 0 Å². The van der Waals surface area contributed by atoms with Crippen LogP contribution in [0.1, 0.15) is 25.2 Å². The maximum absolute atomic E-state index is 14.8. The summed E-state index contributed by atoms with van der Waals surface area (Å²) in [6, 6.07) is 3.60. The number of aromatic nitrogens is 3. The minimum atomic E-state index is -0.924. The van der Waals surface area contributed by atoms with Gasteiger partial charge < -0.3 is 19.7 Å². The van der Waals surface area contributed by atoms with Gasteiger partial charge in [0.05, 0.1) is 24.1 Å². The van der Waals surface area contributed by atoms with E-state index < -0.39 is 6.17 Å². The lowest BCUT2D eigenvalue weighted by atomic mass is 9.96. The number of fused-ring (bicyclic) bond motifs is 3. The predicted molar refractivity (Wildman–Crippen MR) is 103 cm³/mol. The van der Waals surface area contributed by atoms with E-state index in [1.165, 1.54) is 0 Å². The first-order valence-electron chi connectivity index (χ1n) is 9.55. The summed E-state index contributed by atoms with van der Waals surface area (Å²) in [6.07, 6.45) is 4.99. The summed E-state index contributed by atoms with van der Waals surface area (Å²) in [5, 5.41) is 13.9. The van der Waals surface area contributed by atoms with E-state index in [0.29, 0.717) is 40.1 Å². The van der Waals surface area contributed by atoms with Gasteiger partial charge in [0.15, 0.2) is 22.7 Å². The number of benzene rings is 1. The standard InChI is InChI=1S/C20H22FN5O2/c1-10-24-19-16(28-10)6-4-12(20(19)27)14-8-23-17(9-22-14)26(2)15-7-11-3-5-13(25-11)18(15)21/h4,6,8-9,11,13,15,18,25,27H,3,5,7H2,1-2H3/t11?,13?,15-,18+/m1/s1. The molecule has 0 radical (unpaired) electrons. The highest BCUT2D eigenvalue weighted by atomic mass is 19.1. The second-order valence-electron chi connectivity index (χ2n) is 7.71. The third kappa shape index (κ3) is 2.71. The number of halogens is 1. The molecule has 146 valence electrons. The highest BCUT2D eigenvalue weighted by Gasteiger charge is 2.43. The predicted octanol–water partition coefficient (Wildman–Crippen LogP) is 2.97. The number of hydrogen-bond acceptors (Lipinski definition) is 7. The Balaban J connectivity index is 1.42. The quantitative estimate of drug-likeness (QED) is 0.719. The number of aromatic hydroxyl groups is 1. The summed E-state index contributed by atoms with van der Waals surface area (Å²) >= 11 is 0. The lowest BCUT2D eigenvalue weighted by Gasteiger charge is -2.38. The zero-order valence-corrected chi connectivity index (χ0v) is 15.8. The van der Waals surface area contributed by atoms with Gasteiger partial charge in [-0.05, 0) is 31.4 Å². The highest BCUT2D eigenvalue weighted by Crippen LogP contribution is 2.36. The molecule has 0 amide bonds. The number of anilines is 1. The van der Waals surface area contributed by atoms with Crippen molar-refractivity contribution >= 4 is 16.9 Å². The minimum absolute atomic E-state index is 0.0171.